The zero-order valence-electron chi connectivity index (χ0n) is 14.2. The van der Waals surface area contributed by atoms with E-state index in [1.807, 2.05) is 39.0 Å². The van der Waals surface area contributed by atoms with E-state index in [1.54, 1.807) is 30.3 Å². The predicted molar refractivity (Wildman–Crippen MR) is 92.3 cm³/mol. The quantitative estimate of drug-likeness (QED) is 0.587. The number of hydrogen-bond donors (Lipinski definition) is 0. The number of ether oxygens (including phenoxy) is 2. The van der Waals surface area contributed by atoms with Gasteiger partial charge in [0.25, 0.3) is 0 Å². The van der Waals surface area contributed by atoms with E-state index in [1.165, 1.54) is 0 Å². The first-order valence-electron chi connectivity index (χ1n) is 8.08. The molecule has 2 rings (SSSR count). The largest absolute Gasteiger partial charge is 0.462 e. The molecule has 0 unspecified atom stereocenters. The average Bonchev–Trinajstić information content (AvgIpc) is 2.59. The van der Waals surface area contributed by atoms with Crippen molar-refractivity contribution in [3.05, 3.63) is 65.2 Å². The third-order valence-electron chi connectivity index (χ3n) is 3.43. The number of rotatable bonds is 6. The van der Waals surface area contributed by atoms with Crippen LogP contribution in [-0.4, -0.2) is 18.5 Å². The van der Waals surface area contributed by atoms with Gasteiger partial charge in [0.05, 0.1) is 17.7 Å². The van der Waals surface area contributed by atoms with Crippen LogP contribution >= 0.6 is 0 Å². The second-order valence-corrected chi connectivity index (χ2v) is 5.93. The highest BCUT2D eigenvalue weighted by Gasteiger charge is 2.19. The summed E-state index contributed by atoms with van der Waals surface area (Å²) in [4.78, 5) is 24.6. The summed E-state index contributed by atoms with van der Waals surface area (Å²) < 4.78 is 10.6. The van der Waals surface area contributed by atoms with Crippen molar-refractivity contribution in [3.63, 3.8) is 0 Å². The molecule has 0 atom stereocenters. The molecular formula is C20H22O4. The second-order valence-electron chi connectivity index (χ2n) is 5.93. The SMILES string of the molecule is CCc1cccc(OC(=O)c2ccccc2C(=O)OCC(C)C)c1. The van der Waals surface area contributed by atoms with Crippen molar-refractivity contribution in [2.75, 3.05) is 6.61 Å². The van der Waals surface area contributed by atoms with E-state index in [-0.39, 0.29) is 17.0 Å². The number of carbonyl (C=O) groups is 2. The number of hydrogen-bond acceptors (Lipinski definition) is 4. The van der Waals surface area contributed by atoms with Crippen LogP contribution in [0.15, 0.2) is 48.5 Å². The molecule has 0 fully saturated rings. The van der Waals surface area contributed by atoms with Gasteiger partial charge in [0.1, 0.15) is 5.75 Å². The Hall–Kier alpha value is -2.62. The molecule has 0 heterocycles. The molecule has 0 aliphatic rings. The minimum Gasteiger partial charge on any atom is -0.462 e. The van der Waals surface area contributed by atoms with E-state index in [9.17, 15) is 9.59 Å². The van der Waals surface area contributed by atoms with Gasteiger partial charge in [0, 0.05) is 0 Å². The fraction of sp³-hybridized carbons (Fsp3) is 0.300. The van der Waals surface area contributed by atoms with E-state index in [0.29, 0.717) is 12.4 Å². The van der Waals surface area contributed by atoms with E-state index < -0.39 is 11.9 Å². The molecule has 4 nitrogen and oxygen atoms in total. The van der Waals surface area contributed by atoms with Crippen molar-refractivity contribution < 1.29 is 19.1 Å². The summed E-state index contributed by atoms with van der Waals surface area (Å²) in [5.41, 5.74) is 1.49. The lowest BCUT2D eigenvalue weighted by Gasteiger charge is -2.11. The van der Waals surface area contributed by atoms with Gasteiger partial charge in [-0.2, -0.15) is 0 Å². The molecule has 0 aromatic heterocycles. The number of carbonyl (C=O) groups excluding carboxylic acids is 2. The van der Waals surface area contributed by atoms with Crippen molar-refractivity contribution in [1.29, 1.82) is 0 Å². The minimum absolute atomic E-state index is 0.202. The fourth-order valence-electron chi connectivity index (χ4n) is 2.15. The van der Waals surface area contributed by atoms with Gasteiger partial charge >= 0.3 is 11.9 Å². The van der Waals surface area contributed by atoms with Crippen molar-refractivity contribution in [2.45, 2.75) is 27.2 Å². The van der Waals surface area contributed by atoms with Gasteiger partial charge in [-0.15, -0.1) is 0 Å². The second kappa shape index (κ2) is 8.29. The topological polar surface area (TPSA) is 52.6 Å². The maximum Gasteiger partial charge on any atom is 0.344 e. The van der Waals surface area contributed by atoms with Crippen molar-refractivity contribution in [3.8, 4) is 5.75 Å². The third kappa shape index (κ3) is 4.69. The van der Waals surface area contributed by atoms with Crippen molar-refractivity contribution in [1.82, 2.24) is 0 Å². The molecule has 0 spiro atoms. The summed E-state index contributed by atoms with van der Waals surface area (Å²) in [5, 5.41) is 0. The van der Waals surface area contributed by atoms with Gasteiger partial charge in [-0.25, -0.2) is 9.59 Å². The maximum atomic E-state index is 12.4. The van der Waals surface area contributed by atoms with Gasteiger partial charge < -0.3 is 9.47 Å². The van der Waals surface area contributed by atoms with Crippen LogP contribution in [-0.2, 0) is 11.2 Å². The van der Waals surface area contributed by atoms with E-state index in [4.69, 9.17) is 9.47 Å². The molecule has 0 saturated carbocycles. The minimum atomic E-state index is -0.569. The van der Waals surface area contributed by atoms with Crippen LogP contribution in [0.2, 0.25) is 0 Å². The standard InChI is InChI=1S/C20H22O4/c1-4-15-8-7-9-16(12-15)24-20(22)18-11-6-5-10-17(18)19(21)23-13-14(2)3/h5-12,14H,4,13H2,1-3H3. The molecular weight excluding hydrogens is 304 g/mol. The summed E-state index contributed by atoms with van der Waals surface area (Å²) >= 11 is 0. The summed E-state index contributed by atoms with van der Waals surface area (Å²) in [6.45, 7) is 6.24. The molecule has 0 radical (unpaired) electrons. The Labute approximate surface area is 142 Å². The number of aryl methyl sites for hydroxylation is 1. The van der Waals surface area contributed by atoms with Crippen molar-refractivity contribution >= 4 is 11.9 Å². The Morgan fingerprint density at radius 2 is 1.62 bits per heavy atom. The summed E-state index contributed by atoms with van der Waals surface area (Å²) in [6.07, 6.45) is 0.851. The van der Waals surface area contributed by atoms with Gasteiger partial charge in [-0.3, -0.25) is 0 Å². The number of esters is 2. The van der Waals surface area contributed by atoms with Crippen LogP contribution in [0.4, 0.5) is 0 Å². The molecule has 0 N–H and O–H groups in total. The molecule has 0 saturated heterocycles. The maximum absolute atomic E-state index is 12.4. The van der Waals surface area contributed by atoms with Gasteiger partial charge in [0.2, 0.25) is 0 Å². The molecule has 2 aromatic rings. The molecule has 2 aromatic carbocycles. The molecule has 0 aliphatic carbocycles. The van der Waals surface area contributed by atoms with Crippen LogP contribution in [0, 0.1) is 5.92 Å². The molecule has 126 valence electrons. The van der Waals surface area contributed by atoms with E-state index in [2.05, 4.69) is 0 Å². The Balaban J connectivity index is 2.18. The van der Waals surface area contributed by atoms with Crippen LogP contribution < -0.4 is 4.74 Å². The predicted octanol–water partition coefficient (Wildman–Crippen LogP) is 4.28. The molecule has 24 heavy (non-hydrogen) atoms. The average molecular weight is 326 g/mol. The molecule has 0 aliphatic heterocycles. The highest BCUT2D eigenvalue weighted by atomic mass is 16.5. The van der Waals surface area contributed by atoms with Gasteiger partial charge in [0.15, 0.2) is 0 Å². The zero-order valence-corrected chi connectivity index (χ0v) is 14.2. The van der Waals surface area contributed by atoms with Gasteiger partial charge in [-0.05, 0) is 42.2 Å². The van der Waals surface area contributed by atoms with Crippen LogP contribution in [0.1, 0.15) is 47.1 Å². The fourth-order valence-corrected chi connectivity index (χ4v) is 2.15. The van der Waals surface area contributed by atoms with Crippen LogP contribution in [0.25, 0.3) is 0 Å². The molecule has 0 amide bonds. The first-order valence-corrected chi connectivity index (χ1v) is 8.08. The first-order chi connectivity index (χ1) is 11.5. The van der Waals surface area contributed by atoms with E-state index in [0.717, 1.165) is 12.0 Å². The van der Waals surface area contributed by atoms with Crippen LogP contribution in [0.3, 0.4) is 0 Å². The Morgan fingerprint density at radius 1 is 0.958 bits per heavy atom. The van der Waals surface area contributed by atoms with Crippen molar-refractivity contribution in [2.24, 2.45) is 5.92 Å². The van der Waals surface area contributed by atoms with Gasteiger partial charge in [-0.1, -0.05) is 45.0 Å². The Bertz CT molecular complexity index is 719. The molecule has 4 heteroatoms. The lowest BCUT2D eigenvalue weighted by atomic mass is 10.1. The lowest BCUT2D eigenvalue weighted by Crippen LogP contribution is -2.17. The highest BCUT2D eigenvalue weighted by molar-refractivity contribution is 6.03. The summed E-state index contributed by atoms with van der Waals surface area (Å²) in [7, 11) is 0. The Kier molecular flexibility index (Phi) is 6.13. The lowest BCUT2D eigenvalue weighted by molar-refractivity contribution is 0.0452. The third-order valence-corrected chi connectivity index (χ3v) is 3.43. The zero-order chi connectivity index (χ0) is 17.5. The monoisotopic (exact) mass is 326 g/mol. The van der Waals surface area contributed by atoms with E-state index >= 15 is 0 Å². The highest BCUT2D eigenvalue weighted by Crippen LogP contribution is 2.18. The summed E-state index contributed by atoms with van der Waals surface area (Å²) in [6, 6.07) is 13.9. The summed E-state index contributed by atoms with van der Waals surface area (Å²) in [5.74, 6) is -0.395. The smallest absolute Gasteiger partial charge is 0.344 e. The normalized spacial score (nSPS) is 10.5. The molecule has 0 bridgehead atoms. The Morgan fingerprint density at radius 3 is 2.25 bits per heavy atom. The number of benzene rings is 2. The van der Waals surface area contributed by atoms with Crippen LogP contribution in [0.5, 0.6) is 5.75 Å². The first kappa shape index (κ1) is 17.7.